The molecule has 1 aliphatic rings. The number of halogens is 1. The number of carbonyl (C=O) groups excluding carboxylic acids is 2. The van der Waals surface area contributed by atoms with Gasteiger partial charge in [-0.1, -0.05) is 12.1 Å². The van der Waals surface area contributed by atoms with Crippen LogP contribution < -0.4 is 15.4 Å². The first-order valence-corrected chi connectivity index (χ1v) is 9.87. The van der Waals surface area contributed by atoms with Gasteiger partial charge in [0.05, 0.1) is 6.61 Å². The van der Waals surface area contributed by atoms with E-state index in [4.69, 9.17) is 9.47 Å². The Bertz CT molecular complexity index is 919. The van der Waals surface area contributed by atoms with Gasteiger partial charge in [0.1, 0.15) is 11.6 Å². The fraction of sp³-hybridized carbons (Fsp3) is 0.364. The van der Waals surface area contributed by atoms with Crippen molar-refractivity contribution in [3.8, 4) is 5.75 Å². The number of nitrogens with one attached hydrogen (secondary N) is 2. The van der Waals surface area contributed by atoms with Crippen LogP contribution >= 0.6 is 0 Å². The van der Waals surface area contributed by atoms with E-state index >= 15 is 0 Å². The maximum absolute atomic E-state index is 13.8. The molecule has 0 bridgehead atoms. The van der Waals surface area contributed by atoms with E-state index in [1.807, 2.05) is 25.1 Å². The lowest BCUT2D eigenvalue weighted by atomic mass is 10.1. The average molecular weight is 415 g/mol. The van der Waals surface area contributed by atoms with Crippen molar-refractivity contribution in [1.29, 1.82) is 0 Å². The fourth-order valence-electron chi connectivity index (χ4n) is 3.34. The quantitative estimate of drug-likeness (QED) is 0.726. The third-order valence-electron chi connectivity index (χ3n) is 4.82. The molecule has 2 aromatic carbocycles. The number of urea groups is 1. The van der Waals surface area contributed by atoms with E-state index in [9.17, 15) is 14.0 Å². The third kappa shape index (κ3) is 5.70. The summed E-state index contributed by atoms with van der Waals surface area (Å²) in [4.78, 5) is 25.6. The Balaban J connectivity index is 1.54. The summed E-state index contributed by atoms with van der Waals surface area (Å²) < 4.78 is 24.5. The summed E-state index contributed by atoms with van der Waals surface area (Å²) in [5.41, 5.74) is 2.92. The maximum atomic E-state index is 13.8. The molecule has 0 unspecified atom stereocenters. The van der Waals surface area contributed by atoms with E-state index in [-0.39, 0.29) is 24.5 Å². The largest absolute Gasteiger partial charge is 0.467 e. The monoisotopic (exact) mass is 415 g/mol. The molecule has 0 atom stereocenters. The summed E-state index contributed by atoms with van der Waals surface area (Å²) in [5.74, 6) is 0.276. The minimum Gasteiger partial charge on any atom is -0.467 e. The van der Waals surface area contributed by atoms with Gasteiger partial charge in [-0.2, -0.15) is 0 Å². The van der Waals surface area contributed by atoms with Crippen molar-refractivity contribution in [3.05, 3.63) is 58.9 Å². The molecule has 8 heteroatoms. The minimum absolute atomic E-state index is 0.00341. The van der Waals surface area contributed by atoms with Gasteiger partial charge in [-0.15, -0.1) is 0 Å². The maximum Gasteiger partial charge on any atom is 0.319 e. The molecular weight excluding hydrogens is 389 g/mol. The van der Waals surface area contributed by atoms with Crippen LogP contribution in [0.2, 0.25) is 0 Å². The average Bonchev–Trinajstić information content (AvgIpc) is 2.72. The summed E-state index contributed by atoms with van der Waals surface area (Å²) >= 11 is 0. The number of ether oxygens (including phenoxy) is 2. The molecule has 30 heavy (non-hydrogen) atoms. The molecule has 0 aliphatic carbocycles. The number of carbonyl (C=O) groups is 2. The summed E-state index contributed by atoms with van der Waals surface area (Å²) in [7, 11) is 0. The van der Waals surface area contributed by atoms with Crippen LogP contribution in [-0.2, 0) is 29.1 Å². The van der Waals surface area contributed by atoms with Crippen molar-refractivity contribution >= 4 is 17.6 Å². The Hall–Kier alpha value is -3.13. The Morgan fingerprint density at radius 1 is 1.23 bits per heavy atom. The van der Waals surface area contributed by atoms with Gasteiger partial charge in [0, 0.05) is 37.8 Å². The van der Waals surface area contributed by atoms with Gasteiger partial charge in [0.15, 0.2) is 6.79 Å². The molecule has 0 aromatic heterocycles. The minimum atomic E-state index is -0.361. The second kappa shape index (κ2) is 10.1. The molecule has 0 saturated heterocycles. The lowest BCUT2D eigenvalue weighted by molar-refractivity contribution is -0.129. The molecule has 1 aliphatic heterocycles. The lowest BCUT2D eigenvalue weighted by Crippen LogP contribution is -2.31. The van der Waals surface area contributed by atoms with Crippen molar-refractivity contribution in [2.75, 3.05) is 25.2 Å². The fourth-order valence-corrected chi connectivity index (χ4v) is 3.34. The van der Waals surface area contributed by atoms with Crippen LogP contribution in [0.4, 0.5) is 14.9 Å². The van der Waals surface area contributed by atoms with Crippen LogP contribution in [0.1, 0.15) is 30.5 Å². The van der Waals surface area contributed by atoms with Crippen LogP contribution in [0.3, 0.4) is 0 Å². The molecule has 2 N–H and O–H groups in total. The van der Waals surface area contributed by atoms with E-state index in [1.165, 1.54) is 19.1 Å². The molecule has 2 aromatic rings. The van der Waals surface area contributed by atoms with Crippen LogP contribution in [0.5, 0.6) is 5.75 Å². The highest BCUT2D eigenvalue weighted by Crippen LogP contribution is 2.29. The van der Waals surface area contributed by atoms with Crippen molar-refractivity contribution in [2.24, 2.45) is 0 Å². The van der Waals surface area contributed by atoms with Gasteiger partial charge in [-0.05, 0) is 48.7 Å². The Labute approximate surface area is 175 Å². The topological polar surface area (TPSA) is 79.9 Å². The molecule has 3 amide bonds. The van der Waals surface area contributed by atoms with E-state index in [1.54, 1.807) is 11.0 Å². The highest BCUT2D eigenvalue weighted by atomic mass is 19.1. The van der Waals surface area contributed by atoms with E-state index in [0.717, 1.165) is 5.56 Å². The Morgan fingerprint density at radius 3 is 2.83 bits per heavy atom. The predicted octanol–water partition coefficient (Wildman–Crippen LogP) is 3.42. The molecular formula is C22H26FN3O4. The predicted molar refractivity (Wildman–Crippen MR) is 111 cm³/mol. The van der Waals surface area contributed by atoms with Gasteiger partial charge >= 0.3 is 6.03 Å². The van der Waals surface area contributed by atoms with Crippen LogP contribution in [-0.4, -0.2) is 36.7 Å². The molecule has 160 valence electrons. The van der Waals surface area contributed by atoms with Gasteiger partial charge < -0.3 is 25.0 Å². The number of nitrogens with zero attached hydrogens (tertiary/aromatic N) is 1. The van der Waals surface area contributed by atoms with Crippen LogP contribution in [0, 0.1) is 5.82 Å². The molecule has 0 spiro atoms. The molecule has 7 nitrogen and oxygen atoms in total. The Morgan fingerprint density at radius 2 is 2.07 bits per heavy atom. The van der Waals surface area contributed by atoms with Crippen LogP contribution in [0.15, 0.2) is 36.4 Å². The van der Waals surface area contributed by atoms with Crippen molar-refractivity contribution in [1.82, 2.24) is 10.2 Å². The summed E-state index contributed by atoms with van der Waals surface area (Å²) in [6, 6.07) is 9.81. The third-order valence-corrected chi connectivity index (χ3v) is 4.82. The highest BCUT2D eigenvalue weighted by molar-refractivity contribution is 5.89. The molecule has 0 fully saturated rings. The van der Waals surface area contributed by atoms with E-state index in [0.29, 0.717) is 55.2 Å². The second-order valence-corrected chi connectivity index (χ2v) is 7.03. The number of fused-ring (bicyclic) bond motifs is 1. The Kier molecular flexibility index (Phi) is 7.24. The first kappa shape index (κ1) is 21.6. The smallest absolute Gasteiger partial charge is 0.319 e. The van der Waals surface area contributed by atoms with Gasteiger partial charge in [-0.25, -0.2) is 9.18 Å². The second-order valence-electron chi connectivity index (χ2n) is 7.03. The first-order chi connectivity index (χ1) is 14.5. The van der Waals surface area contributed by atoms with E-state index in [2.05, 4.69) is 10.6 Å². The first-order valence-electron chi connectivity index (χ1n) is 9.87. The van der Waals surface area contributed by atoms with Crippen molar-refractivity contribution < 1.29 is 23.5 Å². The van der Waals surface area contributed by atoms with E-state index < -0.39 is 0 Å². The van der Waals surface area contributed by atoms with Gasteiger partial charge in [-0.3, -0.25) is 4.79 Å². The number of amides is 3. The van der Waals surface area contributed by atoms with Crippen LogP contribution in [0.25, 0.3) is 0 Å². The number of anilines is 1. The molecule has 0 saturated carbocycles. The SMILES string of the molecule is CCN(Cc1cccc(NC(=O)NCCc2cc(F)cc3c2OCOC3)c1)C(C)=O. The number of hydrogen-bond acceptors (Lipinski definition) is 4. The van der Waals surface area contributed by atoms with Gasteiger partial charge in [0.2, 0.25) is 5.91 Å². The summed E-state index contributed by atoms with van der Waals surface area (Å²) in [6.45, 7) is 5.32. The number of rotatable bonds is 7. The lowest BCUT2D eigenvalue weighted by Gasteiger charge is -2.21. The molecule has 3 rings (SSSR count). The zero-order chi connectivity index (χ0) is 21.5. The normalized spacial score (nSPS) is 12.5. The van der Waals surface area contributed by atoms with Crippen molar-refractivity contribution in [2.45, 2.75) is 33.4 Å². The zero-order valence-electron chi connectivity index (χ0n) is 17.2. The molecule has 0 radical (unpaired) electrons. The molecule has 1 heterocycles. The highest BCUT2D eigenvalue weighted by Gasteiger charge is 2.17. The zero-order valence-corrected chi connectivity index (χ0v) is 17.2. The summed E-state index contributed by atoms with van der Waals surface area (Å²) in [5, 5.41) is 5.56. The van der Waals surface area contributed by atoms with Crippen molar-refractivity contribution in [3.63, 3.8) is 0 Å². The number of hydrogen-bond donors (Lipinski definition) is 2. The summed E-state index contributed by atoms with van der Waals surface area (Å²) in [6.07, 6.45) is 0.428. The standard InChI is InChI=1S/C22H26FN3O4/c1-3-26(15(2)27)12-16-5-4-6-20(9-16)25-22(28)24-8-7-17-10-19(23)11-18-13-29-14-30-21(17)18/h4-6,9-11H,3,7-8,12-14H2,1-2H3,(H2,24,25,28). The number of benzene rings is 2. The van der Waals surface area contributed by atoms with Gasteiger partial charge in [0.25, 0.3) is 0 Å².